The van der Waals surface area contributed by atoms with Crippen LogP contribution in [0.5, 0.6) is 0 Å². The van der Waals surface area contributed by atoms with Crippen molar-refractivity contribution < 1.29 is 0 Å². The van der Waals surface area contributed by atoms with E-state index in [2.05, 4.69) is 286 Å². The van der Waals surface area contributed by atoms with E-state index in [0.717, 1.165) is 0 Å². The number of benzene rings is 11. The molecule has 0 aliphatic heterocycles. The van der Waals surface area contributed by atoms with E-state index in [1.165, 1.54) is 164 Å². The van der Waals surface area contributed by atoms with Gasteiger partial charge in [0.05, 0.1) is 33.1 Å². The van der Waals surface area contributed by atoms with Gasteiger partial charge in [-0.1, -0.05) is 223 Å². The maximum absolute atomic E-state index is 2.66. The van der Waals surface area contributed by atoms with Crippen molar-refractivity contribution in [1.29, 1.82) is 0 Å². The van der Waals surface area contributed by atoms with Crippen LogP contribution in [-0.2, 0) is 21.7 Å². The predicted molar refractivity (Wildman–Crippen MR) is 347 cm³/mol. The van der Waals surface area contributed by atoms with Crippen molar-refractivity contribution in [2.24, 2.45) is 0 Å². The third-order valence-electron chi connectivity index (χ3n) is 18.2. The number of hydrogen-bond donors (Lipinski definition) is 0. The predicted octanol–water partition coefficient (Wildman–Crippen LogP) is 22.2. The maximum Gasteiger partial charge on any atom is 0.0620 e. The molecule has 0 atom stereocenters. The molecular weight excluding hydrogens is 965 g/mol. The molecule has 0 N–H and O–H groups in total. The van der Waals surface area contributed by atoms with Gasteiger partial charge in [0.25, 0.3) is 0 Å². The van der Waals surface area contributed by atoms with Crippen molar-refractivity contribution in [2.75, 3.05) is 0 Å². The lowest BCUT2D eigenvalue weighted by atomic mass is 9.79. The summed E-state index contributed by atoms with van der Waals surface area (Å²) in [5, 5.41) is 15.5. The summed E-state index contributed by atoms with van der Waals surface area (Å²) in [6.07, 6.45) is 0. The molecule has 15 rings (SSSR count). The minimum absolute atomic E-state index is 0.00770. The van der Waals surface area contributed by atoms with Crippen molar-refractivity contribution in [1.82, 2.24) is 8.80 Å². The van der Waals surface area contributed by atoms with Gasteiger partial charge in [0, 0.05) is 48.7 Å². The van der Waals surface area contributed by atoms with Crippen molar-refractivity contribution in [3.05, 3.63) is 216 Å². The van der Waals surface area contributed by atoms with Gasteiger partial charge in [0.1, 0.15) is 0 Å². The van der Waals surface area contributed by atoms with Gasteiger partial charge >= 0.3 is 0 Å². The average Bonchev–Trinajstić information content (AvgIpc) is 3.87. The van der Waals surface area contributed by atoms with Gasteiger partial charge < -0.3 is 8.80 Å². The first-order valence-corrected chi connectivity index (χ1v) is 28.9. The van der Waals surface area contributed by atoms with Gasteiger partial charge in [-0.15, -0.1) is 0 Å². The number of hydrogen-bond acceptors (Lipinski definition) is 0. The molecule has 4 aromatic heterocycles. The highest BCUT2D eigenvalue weighted by Gasteiger charge is 2.33. The van der Waals surface area contributed by atoms with E-state index in [1.807, 2.05) is 0 Å². The van der Waals surface area contributed by atoms with Gasteiger partial charge in [-0.3, -0.25) is 0 Å². The fourth-order valence-corrected chi connectivity index (χ4v) is 14.0. The largest absolute Gasteiger partial charge is 0.308 e. The second kappa shape index (κ2) is 16.6. The fourth-order valence-electron chi connectivity index (χ4n) is 14.0. The van der Waals surface area contributed by atoms with Crippen LogP contribution in [0.1, 0.15) is 105 Å². The summed E-state index contributed by atoms with van der Waals surface area (Å²) in [6.45, 7) is 28.4. The lowest BCUT2D eigenvalue weighted by Crippen LogP contribution is -2.11. The first-order chi connectivity index (χ1) is 38.3. The zero-order chi connectivity index (χ0) is 55.1. The molecule has 4 heterocycles. The van der Waals surface area contributed by atoms with Gasteiger partial charge in [0.15, 0.2) is 0 Å². The Morgan fingerprint density at radius 1 is 0.237 bits per heavy atom. The Hall–Kier alpha value is -8.46. The molecule has 0 aliphatic carbocycles. The smallest absolute Gasteiger partial charge is 0.0620 e. The second-order valence-corrected chi connectivity index (χ2v) is 27.3. The molecule has 0 radical (unpaired) electrons. The molecule has 0 unspecified atom stereocenters. The minimum atomic E-state index is -0.111. The fraction of sp³-hybridized carbons (Fsp3) is 0.205. The molecule has 0 aliphatic rings. The highest BCUT2D eigenvalue weighted by Crippen LogP contribution is 2.56. The number of aromatic nitrogens is 2. The van der Waals surface area contributed by atoms with Crippen LogP contribution < -0.4 is 0 Å². The molecule has 0 bridgehead atoms. The van der Waals surface area contributed by atoms with Crippen LogP contribution >= 0.6 is 0 Å². The summed E-state index contributed by atoms with van der Waals surface area (Å²) in [4.78, 5) is 0. The molecule has 0 amide bonds. The number of nitrogens with zero attached hydrogens (tertiary/aromatic N) is 2. The molecule has 15 aromatic rings. The third kappa shape index (κ3) is 6.90. The third-order valence-corrected chi connectivity index (χ3v) is 18.2. The molecule has 2 heteroatoms. The molecule has 0 saturated carbocycles. The van der Waals surface area contributed by atoms with E-state index in [4.69, 9.17) is 0 Å². The molecular formula is C78H68N2. The summed E-state index contributed by atoms with van der Waals surface area (Å²) in [5.41, 5.74) is 22.7. The van der Waals surface area contributed by atoms with Crippen molar-refractivity contribution in [3.8, 4) is 44.5 Å². The standard InChI is InChI=1S/C78H68N2/c1-75(2,3)47-34-36-63-57(38-47)59-40-49(77(7,8)9)42-61-70-65(79(63)73(59)61)44-66-71(62-43-50(78(10,11)12)41-60-58-39-48(76(4,5)6)35-37-64(58)80(66)74(60)62)72(70)69-55-30-21-19-28-53(55)68(54-29-20-22-31-56(54)69)67-51(45-24-15-13-16-25-45)32-23-33-52(67)46-26-17-14-18-27-46/h13-44H,1-12H3. The van der Waals surface area contributed by atoms with Crippen molar-refractivity contribution in [2.45, 2.75) is 105 Å². The Labute approximate surface area is 469 Å². The summed E-state index contributed by atoms with van der Waals surface area (Å²) in [6, 6.07) is 75.1. The molecule has 80 heavy (non-hydrogen) atoms. The Bertz CT molecular complexity index is 4740. The summed E-state index contributed by atoms with van der Waals surface area (Å²) >= 11 is 0. The van der Waals surface area contributed by atoms with E-state index < -0.39 is 0 Å². The van der Waals surface area contributed by atoms with E-state index in [-0.39, 0.29) is 21.7 Å². The van der Waals surface area contributed by atoms with E-state index in [1.54, 1.807) is 0 Å². The summed E-state index contributed by atoms with van der Waals surface area (Å²) < 4.78 is 5.31. The highest BCUT2D eigenvalue weighted by atomic mass is 14.9. The Morgan fingerprint density at radius 2 is 0.575 bits per heavy atom. The van der Waals surface area contributed by atoms with Crippen molar-refractivity contribution >= 4 is 97.7 Å². The average molecular weight is 1030 g/mol. The van der Waals surface area contributed by atoms with Crippen LogP contribution in [0, 0.1) is 0 Å². The van der Waals surface area contributed by atoms with E-state index >= 15 is 0 Å². The first kappa shape index (κ1) is 48.6. The second-order valence-electron chi connectivity index (χ2n) is 27.3. The van der Waals surface area contributed by atoms with Gasteiger partial charge in [0.2, 0.25) is 0 Å². The van der Waals surface area contributed by atoms with E-state index in [9.17, 15) is 0 Å². The van der Waals surface area contributed by atoms with Crippen LogP contribution in [-0.4, -0.2) is 8.80 Å². The zero-order valence-electron chi connectivity index (χ0n) is 48.4. The highest BCUT2D eigenvalue weighted by molar-refractivity contribution is 6.38. The zero-order valence-corrected chi connectivity index (χ0v) is 48.4. The lowest BCUT2D eigenvalue weighted by molar-refractivity contribution is 0.590. The molecule has 0 spiro atoms. The topological polar surface area (TPSA) is 8.82 Å². The quantitative estimate of drug-likeness (QED) is 0.155. The van der Waals surface area contributed by atoms with Crippen LogP contribution in [0.2, 0.25) is 0 Å². The van der Waals surface area contributed by atoms with Crippen molar-refractivity contribution in [3.63, 3.8) is 0 Å². The summed E-state index contributed by atoms with van der Waals surface area (Å²) in [5.74, 6) is 0. The Kier molecular flexibility index (Phi) is 10.1. The lowest BCUT2D eigenvalue weighted by Gasteiger charge is -2.23. The van der Waals surface area contributed by atoms with Gasteiger partial charge in [-0.25, -0.2) is 0 Å². The van der Waals surface area contributed by atoms with Crippen LogP contribution in [0.3, 0.4) is 0 Å². The van der Waals surface area contributed by atoms with Crippen LogP contribution in [0.25, 0.3) is 142 Å². The van der Waals surface area contributed by atoms with E-state index in [0.29, 0.717) is 0 Å². The summed E-state index contributed by atoms with van der Waals surface area (Å²) in [7, 11) is 0. The van der Waals surface area contributed by atoms with Gasteiger partial charge in [-0.05, 0) is 159 Å². The molecule has 0 fully saturated rings. The maximum atomic E-state index is 2.66. The van der Waals surface area contributed by atoms with Crippen LogP contribution in [0.15, 0.2) is 194 Å². The molecule has 0 saturated heterocycles. The van der Waals surface area contributed by atoms with Crippen LogP contribution in [0.4, 0.5) is 0 Å². The number of fused-ring (bicyclic) bond motifs is 14. The normalized spacial score (nSPS) is 13.2. The van der Waals surface area contributed by atoms with Gasteiger partial charge in [-0.2, -0.15) is 0 Å². The molecule has 390 valence electrons. The molecule has 11 aromatic carbocycles. The SMILES string of the molecule is CC(C)(C)c1ccc2c(c1)c1cc(C(C)(C)C)cc3c4c(-c5c6ccccc6c(-c6c(-c7ccccc7)cccc6-c6ccccc6)c6ccccc56)c5c6cc(C(C)(C)C)cc7c8cc(C(C)(C)C)ccc8n(c5cc4n2c13)c76. The monoisotopic (exact) mass is 1030 g/mol. The Balaban J connectivity index is 1.22. The number of rotatable bonds is 4. The first-order valence-electron chi connectivity index (χ1n) is 28.9. The Morgan fingerprint density at radius 3 is 0.950 bits per heavy atom. The minimum Gasteiger partial charge on any atom is -0.308 e. The molecule has 2 nitrogen and oxygen atoms in total.